The van der Waals surface area contributed by atoms with Gasteiger partial charge in [0.2, 0.25) is 0 Å². The van der Waals surface area contributed by atoms with Crippen LogP contribution in [0.25, 0.3) is 0 Å². The molecule has 1 atom stereocenters. The Balaban J connectivity index is 2.17. The standard InChI is InChI=1S/C16H20Br2N2S/c1-16(2,3)11-6-4-10(5-7-11)8-13(20-19)12-9-14(17)21-15(12)18/h4-7,9,13,20H,8,19H2,1-3H3. The van der Waals surface area contributed by atoms with E-state index in [1.165, 1.54) is 16.7 Å². The van der Waals surface area contributed by atoms with Crippen molar-refractivity contribution in [1.29, 1.82) is 0 Å². The van der Waals surface area contributed by atoms with Crippen molar-refractivity contribution in [3.63, 3.8) is 0 Å². The molecule has 0 spiro atoms. The number of thiophene rings is 1. The van der Waals surface area contributed by atoms with Crippen molar-refractivity contribution < 1.29 is 0 Å². The number of halogens is 2. The van der Waals surface area contributed by atoms with Crippen LogP contribution >= 0.6 is 43.2 Å². The first-order valence-electron chi connectivity index (χ1n) is 6.81. The Morgan fingerprint density at radius 1 is 1.19 bits per heavy atom. The highest BCUT2D eigenvalue weighted by Crippen LogP contribution is 2.36. The lowest BCUT2D eigenvalue weighted by atomic mass is 9.86. The molecule has 3 N–H and O–H groups in total. The van der Waals surface area contributed by atoms with Gasteiger partial charge in [-0.25, -0.2) is 0 Å². The highest BCUT2D eigenvalue weighted by atomic mass is 79.9. The summed E-state index contributed by atoms with van der Waals surface area (Å²) in [7, 11) is 0. The molecule has 114 valence electrons. The molecule has 0 bridgehead atoms. The van der Waals surface area contributed by atoms with E-state index in [0.717, 1.165) is 14.0 Å². The molecule has 1 aromatic carbocycles. The zero-order chi connectivity index (χ0) is 15.6. The third kappa shape index (κ3) is 4.39. The van der Waals surface area contributed by atoms with Crippen LogP contribution in [0.2, 0.25) is 0 Å². The zero-order valence-corrected chi connectivity index (χ0v) is 16.4. The molecular weight excluding hydrogens is 412 g/mol. The molecule has 1 unspecified atom stereocenters. The van der Waals surface area contributed by atoms with E-state index in [9.17, 15) is 0 Å². The van der Waals surface area contributed by atoms with Gasteiger partial charge in [-0.15, -0.1) is 11.3 Å². The molecule has 1 aromatic heterocycles. The molecule has 0 aliphatic carbocycles. The third-order valence-corrected chi connectivity index (χ3v) is 5.91. The van der Waals surface area contributed by atoms with Gasteiger partial charge in [-0.2, -0.15) is 0 Å². The molecule has 2 nitrogen and oxygen atoms in total. The Hall–Kier alpha value is -0.200. The van der Waals surface area contributed by atoms with Crippen molar-refractivity contribution in [1.82, 2.24) is 5.43 Å². The lowest BCUT2D eigenvalue weighted by Gasteiger charge is -2.20. The van der Waals surface area contributed by atoms with E-state index >= 15 is 0 Å². The molecule has 5 heteroatoms. The average molecular weight is 432 g/mol. The molecule has 0 fully saturated rings. The fraction of sp³-hybridized carbons (Fsp3) is 0.375. The number of rotatable bonds is 4. The van der Waals surface area contributed by atoms with Crippen molar-refractivity contribution in [2.45, 2.75) is 38.6 Å². The minimum absolute atomic E-state index is 0.0995. The number of hydrogen-bond donors (Lipinski definition) is 2. The second kappa shape index (κ2) is 6.92. The van der Waals surface area contributed by atoms with Crippen molar-refractivity contribution in [3.05, 3.63) is 54.6 Å². The molecule has 0 aliphatic rings. The molecular formula is C16H20Br2N2S. The van der Waals surface area contributed by atoms with Crippen molar-refractivity contribution in [2.24, 2.45) is 5.84 Å². The highest BCUT2D eigenvalue weighted by Gasteiger charge is 2.17. The highest BCUT2D eigenvalue weighted by molar-refractivity contribution is 9.12. The Bertz CT molecular complexity index is 600. The summed E-state index contributed by atoms with van der Waals surface area (Å²) in [4.78, 5) is 0. The van der Waals surface area contributed by atoms with Gasteiger partial charge >= 0.3 is 0 Å². The zero-order valence-electron chi connectivity index (χ0n) is 12.4. The van der Waals surface area contributed by atoms with Crippen molar-refractivity contribution >= 4 is 43.2 Å². The van der Waals surface area contributed by atoms with E-state index in [1.807, 2.05) is 0 Å². The average Bonchev–Trinajstić information content (AvgIpc) is 2.74. The summed E-state index contributed by atoms with van der Waals surface area (Å²) >= 11 is 8.79. The maximum atomic E-state index is 5.75. The van der Waals surface area contributed by atoms with Crippen LogP contribution in [0.3, 0.4) is 0 Å². The fourth-order valence-corrected chi connectivity index (χ4v) is 5.20. The van der Waals surface area contributed by atoms with E-state index in [4.69, 9.17) is 5.84 Å². The predicted molar refractivity (Wildman–Crippen MR) is 98.6 cm³/mol. The van der Waals surface area contributed by atoms with E-state index in [0.29, 0.717) is 0 Å². The van der Waals surface area contributed by atoms with Crippen LogP contribution < -0.4 is 11.3 Å². The lowest BCUT2D eigenvalue weighted by molar-refractivity contribution is 0.550. The largest absolute Gasteiger partial charge is 0.271 e. The predicted octanol–water partition coefficient (Wildman–Crippen LogP) is 5.32. The minimum Gasteiger partial charge on any atom is -0.271 e. The van der Waals surface area contributed by atoms with Gasteiger partial charge in [0.25, 0.3) is 0 Å². The second-order valence-corrected chi connectivity index (χ2v) is 9.90. The summed E-state index contributed by atoms with van der Waals surface area (Å²) in [5, 5.41) is 0. The third-order valence-electron chi connectivity index (χ3n) is 3.52. The fourth-order valence-electron chi connectivity index (χ4n) is 2.23. The van der Waals surface area contributed by atoms with Crippen LogP contribution in [0.4, 0.5) is 0 Å². The van der Waals surface area contributed by atoms with Crippen LogP contribution in [0.1, 0.15) is 43.5 Å². The van der Waals surface area contributed by atoms with Crippen LogP contribution in [0.15, 0.2) is 37.9 Å². The summed E-state index contributed by atoms with van der Waals surface area (Å²) in [6.07, 6.45) is 0.864. The monoisotopic (exact) mass is 430 g/mol. The van der Waals surface area contributed by atoms with E-state index < -0.39 is 0 Å². The summed E-state index contributed by atoms with van der Waals surface area (Å²) in [6, 6.07) is 11.0. The van der Waals surface area contributed by atoms with Gasteiger partial charge in [0, 0.05) is 0 Å². The normalized spacial score (nSPS) is 13.4. The first-order chi connectivity index (χ1) is 9.81. The number of hydrogen-bond acceptors (Lipinski definition) is 3. The first kappa shape index (κ1) is 17.2. The number of nitrogens with two attached hydrogens (primary N) is 1. The molecule has 0 amide bonds. The topological polar surface area (TPSA) is 38.0 Å². The smallest absolute Gasteiger partial charge is 0.0758 e. The molecule has 21 heavy (non-hydrogen) atoms. The number of nitrogens with one attached hydrogen (secondary N) is 1. The van der Waals surface area contributed by atoms with E-state index in [-0.39, 0.29) is 11.5 Å². The van der Waals surface area contributed by atoms with Gasteiger partial charge in [0.05, 0.1) is 13.6 Å². The van der Waals surface area contributed by atoms with Crippen molar-refractivity contribution in [2.75, 3.05) is 0 Å². The van der Waals surface area contributed by atoms with E-state index in [1.54, 1.807) is 11.3 Å². The Morgan fingerprint density at radius 3 is 2.24 bits per heavy atom. The van der Waals surface area contributed by atoms with Crippen LogP contribution in [-0.2, 0) is 11.8 Å². The molecule has 0 aliphatic heterocycles. The molecule has 2 rings (SSSR count). The van der Waals surface area contributed by atoms with Crippen LogP contribution in [-0.4, -0.2) is 0 Å². The van der Waals surface area contributed by atoms with Crippen molar-refractivity contribution in [3.8, 4) is 0 Å². The van der Waals surface area contributed by atoms with Crippen LogP contribution in [0, 0.1) is 0 Å². The Kier molecular flexibility index (Phi) is 5.65. The van der Waals surface area contributed by atoms with Crippen LogP contribution in [0.5, 0.6) is 0 Å². The SMILES string of the molecule is CC(C)(C)c1ccc(CC(NN)c2cc(Br)sc2Br)cc1. The van der Waals surface area contributed by atoms with Gasteiger partial charge in [0.15, 0.2) is 0 Å². The molecule has 0 saturated heterocycles. The van der Waals surface area contributed by atoms with Gasteiger partial charge in [-0.05, 0) is 66.5 Å². The van der Waals surface area contributed by atoms with Gasteiger partial charge in [0.1, 0.15) is 0 Å². The summed E-state index contributed by atoms with van der Waals surface area (Å²) in [6.45, 7) is 6.69. The number of benzene rings is 1. The maximum Gasteiger partial charge on any atom is 0.0758 e. The Morgan fingerprint density at radius 2 is 1.81 bits per heavy atom. The number of hydrazine groups is 1. The molecule has 0 saturated carbocycles. The summed E-state index contributed by atoms with van der Waals surface area (Å²) in [5.41, 5.74) is 6.92. The van der Waals surface area contributed by atoms with E-state index in [2.05, 4.69) is 88.4 Å². The molecule has 2 aromatic rings. The molecule has 0 radical (unpaired) electrons. The second-order valence-electron chi connectivity index (χ2n) is 6.15. The van der Waals surface area contributed by atoms with Gasteiger partial charge in [-0.1, -0.05) is 45.0 Å². The molecule has 1 heterocycles. The minimum atomic E-state index is 0.0995. The van der Waals surface area contributed by atoms with Gasteiger partial charge < -0.3 is 0 Å². The Labute approximate surface area is 147 Å². The van der Waals surface area contributed by atoms with Gasteiger partial charge in [-0.3, -0.25) is 11.3 Å². The first-order valence-corrected chi connectivity index (χ1v) is 9.22. The lowest BCUT2D eigenvalue weighted by Crippen LogP contribution is -2.29. The maximum absolute atomic E-state index is 5.75. The summed E-state index contributed by atoms with van der Waals surface area (Å²) in [5.74, 6) is 5.75. The quantitative estimate of drug-likeness (QED) is 0.507. The summed E-state index contributed by atoms with van der Waals surface area (Å²) < 4.78 is 2.22.